The first-order valence-electron chi connectivity index (χ1n) is 6.21. The molecule has 1 aliphatic heterocycles. The highest BCUT2D eigenvalue weighted by molar-refractivity contribution is 5.71. The van der Waals surface area contributed by atoms with Gasteiger partial charge in [0.2, 0.25) is 0 Å². The van der Waals surface area contributed by atoms with Crippen LogP contribution in [0.15, 0.2) is 24.3 Å². The van der Waals surface area contributed by atoms with Crippen molar-refractivity contribution in [3.05, 3.63) is 35.4 Å². The molecule has 2 rings (SSSR count). The molecule has 0 radical (unpaired) electrons. The third-order valence-electron chi connectivity index (χ3n) is 3.43. The number of carbonyl (C=O) groups is 1. The van der Waals surface area contributed by atoms with Gasteiger partial charge in [0.05, 0.1) is 5.92 Å². The lowest BCUT2D eigenvalue weighted by Crippen LogP contribution is -2.31. The van der Waals surface area contributed by atoms with Gasteiger partial charge in [-0.05, 0) is 31.9 Å². The number of benzene rings is 1. The van der Waals surface area contributed by atoms with E-state index < -0.39 is 5.97 Å². The Bertz CT molecular complexity index is 403. The van der Waals surface area contributed by atoms with Crippen LogP contribution in [0.3, 0.4) is 0 Å². The molecule has 2 N–H and O–H groups in total. The predicted octanol–water partition coefficient (Wildman–Crippen LogP) is 2.51. The average Bonchev–Trinajstić information content (AvgIpc) is 2.54. The van der Waals surface area contributed by atoms with Crippen molar-refractivity contribution >= 4 is 5.97 Å². The van der Waals surface area contributed by atoms with Crippen LogP contribution in [-0.2, 0) is 4.79 Å². The van der Waals surface area contributed by atoms with Crippen LogP contribution in [0, 0.1) is 12.8 Å². The van der Waals surface area contributed by atoms with Gasteiger partial charge in [0.25, 0.3) is 0 Å². The molecule has 0 amide bonds. The Labute approximate surface area is 102 Å². The minimum absolute atomic E-state index is 0.0464. The van der Waals surface area contributed by atoms with E-state index in [9.17, 15) is 9.90 Å². The summed E-state index contributed by atoms with van der Waals surface area (Å²) in [5.41, 5.74) is 2.27. The summed E-state index contributed by atoms with van der Waals surface area (Å²) in [7, 11) is 0. The first kappa shape index (κ1) is 12.1. The molecule has 92 valence electrons. The first-order valence-corrected chi connectivity index (χ1v) is 6.21. The van der Waals surface area contributed by atoms with E-state index in [-0.39, 0.29) is 12.0 Å². The summed E-state index contributed by atoms with van der Waals surface area (Å²) >= 11 is 0. The monoisotopic (exact) mass is 233 g/mol. The molecule has 0 unspecified atom stereocenters. The van der Waals surface area contributed by atoms with Gasteiger partial charge in [-0.3, -0.25) is 4.79 Å². The van der Waals surface area contributed by atoms with E-state index >= 15 is 0 Å². The lowest BCUT2D eigenvalue weighted by atomic mass is 9.89. The van der Waals surface area contributed by atoms with Crippen molar-refractivity contribution in [1.29, 1.82) is 0 Å². The fraction of sp³-hybridized carbons (Fsp3) is 0.500. The van der Waals surface area contributed by atoms with Gasteiger partial charge in [0, 0.05) is 6.04 Å². The van der Waals surface area contributed by atoms with E-state index in [2.05, 4.69) is 11.4 Å². The zero-order chi connectivity index (χ0) is 12.3. The molecular weight excluding hydrogens is 214 g/mol. The van der Waals surface area contributed by atoms with Crippen LogP contribution >= 0.6 is 0 Å². The Morgan fingerprint density at radius 3 is 2.94 bits per heavy atom. The summed E-state index contributed by atoms with van der Waals surface area (Å²) in [4.78, 5) is 11.3. The number of carboxylic acid groups (broad SMARTS) is 1. The minimum atomic E-state index is -0.689. The predicted molar refractivity (Wildman–Crippen MR) is 66.9 cm³/mol. The van der Waals surface area contributed by atoms with E-state index in [0.29, 0.717) is 0 Å². The lowest BCUT2D eigenvalue weighted by Gasteiger charge is -2.23. The number of hydrogen-bond donors (Lipinski definition) is 2. The smallest absolute Gasteiger partial charge is 0.308 e. The molecule has 2 atom stereocenters. The van der Waals surface area contributed by atoms with Gasteiger partial charge < -0.3 is 10.4 Å². The normalized spacial score (nSPS) is 25.2. The lowest BCUT2D eigenvalue weighted by molar-refractivity contribution is -0.143. The van der Waals surface area contributed by atoms with Crippen LogP contribution in [-0.4, -0.2) is 17.6 Å². The Morgan fingerprint density at radius 2 is 2.24 bits per heavy atom. The number of aliphatic carboxylic acids is 1. The highest BCUT2D eigenvalue weighted by Crippen LogP contribution is 2.29. The molecule has 1 aromatic carbocycles. The standard InChI is InChI=1S/C14H19NO2/c1-10-5-4-6-11(9-10)13-12(14(16)17)7-2-3-8-15-13/h4-6,9,12-13,15H,2-3,7-8H2,1H3,(H,16,17)/t12-,13+/m0/s1. The SMILES string of the molecule is Cc1cccc([C@H]2NCCCC[C@@H]2C(=O)O)c1. The zero-order valence-corrected chi connectivity index (χ0v) is 10.1. The van der Waals surface area contributed by atoms with E-state index in [1.165, 1.54) is 5.56 Å². The molecular formula is C14H19NO2. The number of hydrogen-bond acceptors (Lipinski definition) is 2. The molecule has 1 fully saturated rings. The largest absolute Gasteiger partial charge is 0.481 e. The number of nitrogens with one attached hydrogen (secondary N) is 1. The molecule has 1 aromatic rings. The molecule has 0 spiro atoms. The third-order valence-corrected chi connectivity index (χ3v) is 3.43. The molecule has 0 aromatic heterocycles. The summed E-state index contributed by atoms with van der Waals surface area (Å²) in [6.45, 7) is 2.94. The number of aryl methyl sites for hydroxylation is 1. The van der Waals surface area contributed by atoms with Gasteiger partial charge in [0.15, 0.2) is 0 Å². The van der Waals surface area contributed by atoms with Gasteiger partial charge >= 0.3 is 5.97 Å². The Balaban J connectivity index is 2.28. The second-order valence-electron chi connectivity index (χ2n) is 4.79. The fourth-order valence-electron chi connectivity index (χ4n) is 2.54. The molecule has 1 saturated heterocycles. The molecule has 0 bridgehead atoms. The molecule has 17 heavy (non-hydrogen) atoms. The zero-order valence-electron chi connectivity index (χ0n) is 10.1. The summed E-state index contributed by atoms with van der Waals surface area (Å²) in [5, 5.41) is 12.7. The second kappa shape index (κ2) is 5.32. The maximum absolute atomic E-state index is 11.3. The van der Waals surface area contributed by atoms with Crippen molar-refractivity contribution in [2.24, 2.45) is 5.92 Å². The van der Waals surface area contributed by atoms with Crippen LogP contribution < -0.4 is 5.32 Å². The van der Waals surface area contributed by atoms with Crippen LogP contribution in [0.25, 0.3) is 0 Å². The summed E-state index contributed by atoms with van der Waals surface area (Å²) in [6, 6.07) is 8.09. The fourth-order valence-corrected chi connectivity index (χ4v) is 2.54. The highest BCUT2D eigenvalue weighted by atomic mass is 16.4. The van der Waals surface area contributed by atoms with Gasteiger partial charge in [-0.15, -0.1) is 0 Å². The van der Waals surface area contributed by atoms with Crippen LogP contribution in [0.2, 0.25) is 0 Å². The molecule has 1 heterocycles. The summed E-state index contributed by atoms with van der Waals surface area (Å²) in [6.07, 6.45) is 2.82. The number of rotatable bonds is 2. The Kier molecular flexibility index (Phi) is 3.79. The molecule has 0 aliphatic carbocycles. The Morgan fingerprint density at radius 1 is 1.41 bits per heavy atom. The molecule has 0 saturated carbocycles. The minimum Gasteiger partial charge on any atom is -0.481 e. The van der Waals surface area contributed by atoms with Crippen molar-refractivity contribution in [2.45, 2.75) is 32.2 Å². The van der Waals surface area contributed by atoms with Crippen molar-refractivity contribution in [3.8, 4) is 0 Å². The van der Waals surface area contributed by atoms with E-state index in [4.69, 9.17) is 0 Å². The van der Waals surface area contributed by atoms with E-state index in [0.717, 1.165) is 31.4 Å². The quantitative estimate of drug-likeness (QED) is 0.825. The number of carboxylic acids is 1. The topological polar surface area (TPSA) is 49.3 Å². The molecule has 3 nitrogen and oxygen atoms in total. The summed E-state index contributed by atoms with van der Waals surface area (Å²) < 4.78 is 0. The average molecular weight is 233 g/mol. The van der Waals surface area contributed by atoms with Gasteiger partial charge in [-0.25, -0.2) is 0 Å². The third kappa shape index (κ3) is 2.86. The molecule has 1 aliphatic rings. The van der Waals surface area contributed by atoms with Crippen LogP contribution in [0.4, 0.5) is 0 Å². The van der Waals surface area contributed by atoms with E-state index in [1.807, 2.05) is 25.1 Å². The highest BCUT2D eigenvalue weighted by Gasteiger charge is 2.30. The second-order valence-corrected chi connectivity index (χ2v) is 4.79. The van der Waals surface area contributed by atoms with Crippen LogP contribution in [0.1, 0.15) is 36.4 Å². The van der Waals surface area contributed by atoms with Gasteiger partial charge in [-0.2, -0.15) is 0 Å². The van der Waals surface area contributed by atoms with Crippen molar-refractivity contribution < 1.29 is 9.90 Å². The first-order chi connectivity index (χ1) is 8.18. The van der Waals surface area contributed by atoms with Gasteiger partial charge in [-0.1, -0.05) is 36.2 Å². The van der Waals surface area contributed by atoms with Gasteiger partial charge in [0.1, 0.15) is 0 Å². The van der Waals surface area contributed by atoms with Crippen LogP contribution in [0.5, 0.6) is 0 Å². The maximum Gasteiger partial charge on any atom is 0.308 e. The van der Waals surface area contributed by atoms with Crippen molar-refractivity contribution in [1.82, 2.24) is 5.32 Å². The summed E-state index contributed by atoms with van der Waals surface area (Å²) in [5.74, 6) is -0.995. The molecule has 3 heteroatoms. The Hall–Kier alpha value is -1.35. The maximum atomic E-state index is 11.3. The van der Waals surface area contributed by atoms with Crippen molar-refractivity contribution in [3.63, 3.8) is 0 Å². The van der Waals surface area contributed by atoms with E-state index in [1.54, 1.807) is 0 Å². The van der Waals surface area contributed by atoms with Crippen molar-refractivity contribution in [2.75, 3.05) is 6.54 Å².